The Bertz CT molecular complexity index is 1440. The molecular formula is C30H34N6O5. The molecule has 2 fully saturated rings. The SMILES string of the molecule is O=C(NC[C@@H]1CCCO1)[C@@H](c1ccc(N2CCOCC2)cc1)N(Cc1ccco1)C(=O)Cn1nnc2ccccc21. The second-order valence-electron chi connectivity index (χ2n) is 10.3. The number of hydrogen-bond acceptors (Lipinski definition) is 8. The smallest absolute Gasteiger partial charge is 0.247 e. The van der Waals surface area contributed by atoms with Crippen molar-refractivity contribution in [2.75, 3.05) is 44.4 Å². The summed E-state index contributed by atoms with van der Waals surface area (Å²) in [5.74, 6) is 0.0122. The number of nitrogens with one attached hydrogen (secondary N) is 1. The summed E-state index contributed by atoms with van der Waals surface area (Å²) in [5.41, 5.74) is 3.19. The Morgan fingerprint density at radius 3 is 2.61 bits per heavy atom. The minimum atomic E-state index is -0.900. The van der Waals surface area contributed by atoms with Crippen molar-refractivity contribution < 1.29 is 23.5 Å². The van der Waals surface area contributed by atoms with Crippen LogP contribution in [0.25, 0.3) is 11.0 Å². The Labute approximate surface area is 238 Å². The molecule has 1 N–H and O–H groups in total. The van der Waals surface area contributed by atoms with Crippen LogP contribution < -0.4 is 10.2 Å². The van der Waals surface area contributed by atoms with Crippen LogP contribution in [0.1, 0.15) is 30.2 Å². The van der Waals surface area contributed by atoms with Gasteiger partial charge in [0, 0.05) is 31.9 Å². The monoisotopic (exact) mass is 558 g/mol. The number of morpholine rings is 1. The number of benzene rings is 2. The summed E-state index contributed by atoms with van der Waals surface area (Å²) >= 11 is 0. The molecule has 2 aliphatic heterocycles. The molecule has 0 radical (unpaired) electrons. The summed E-state index contributed by atoms with van der Waals surface area (Å²) in [4.78, 5) is 31.8. The molecule has 2 aromatic heterocycles. The van der Waals surface area contributed by atoms with Gasteiger partial charge in [-0.05, 0) is 54.8 Å². The molecule has 2 aromatic carbocycles. The standard InChI is InChI=1S/C30H34N6O5/c37-28(21-36-27-8-2-1-7-26(27)32-33-36)35(20-25-6-4-16-41-25)29(30(38)31-19-24-5-3-15-40-24)22-9-11-23(12-10-22)34-13-17-39-18-14-34/h1-2,4,6-12,16,24,29H,3,5,13-15,17-21H2,(H,31,38)/t24-,29+/m0/s1. The van der Waals surface area contributed by atoms with E-state index in [-0.39, 0.29) is 31.0 Å². The number of fused-ring (bicyclic) bond motifs is 1. The average Bonchev–Trinajstić information content (AvgIpc) is 3.80. The van der Waals surface area contributed by atoms with E-state index < -0.39 is 6.04 Å². The number of ether oxygens (including phenoxy) is 2. The number of aromatic nitrogens is 3. The lowest BCUT2D eigenvalue weighted by Crippen LogP contribution is -2.46. The molecule has 4 aromatic rings. The summed E-state index contributed by atoms with van der Waals surface area (Å²) in [6, 6.07) is 18.0. The molecule has 2 amide bonds. The summed E-state index contributed by atoms with van der Waals surface area (Å²) in [6.45, 7) is 4.08. The Kier molecular flexibility index (Phi) is 8.24. The van der Waals surface area contributed by atoms with Crippen LogP contribution >= 0.6 is 0 Å². The molecule has 2 atom stereocenters. The van der Waals surface area contributed by atoms with Gasteiger partial charge in [-0.3, -0.25) is 9.59 Å². The Hall–Kier alpha value is -4.22. The predicted octanol–water partition coefficient (Wildman–Crippen LogP) is 2.93. The van der Waals surface area contributed by atoms with Gasteiger partial charge in [0.15, 0.2) is 0 Å². The van der Waals surface area contributed by atoms with Crippen LogP contribution in [0.15, 0.2) is 71.3 Å². The van der Waals surface area contributed by atoms with Crippen LogP contribution in [-0.4, -0.2) is 77.3 Å². The lowest BCUT2D eigenvalue weighted by Gasteiger charge is -2.32. The Morgan fingerprint density at radius 2 is 1.85 bits per heavy atom. The number of anilines is 1. The largest absolute Gasteiger partial charge is 0.467 e. The van der Waals surface area contributed by atoms with Crippen molar-refractivity contribution in [3.63, 3.8) is 0 Å². The molecule has 0 aliphatic carbocycles. The van der Waals surface area contributed by atoms with E-state index in [1.807, 2.05) is 48.5 Å². The van der Waals surface area contributed by atoms with E-state index in [0.29, 0.717) is 43.2 Å². The molecule has 41 heavy (non-hydrogen) atoms. The van der Waals surface area contributed by atoms with E-state index >= 15 is 0 Å². The minimum absolute atomic E-state index is 0.0287. The van der Waals surface area contributed by atoms with E-state index in [0.717, 1.165) is 37.1 Å². The summed E-state index contributed by atoms with van der Waals surface area (Å²) in [7, 11) is 0. The number of rotatable bonds is 10. The number of nitrogens with zero attached hydrogens (tertiary/aromatic N) is 5. The summed E-state index contributed by atoms with van der Waals surface area (Å²) in [5, 5.41) is 11.5. The number of furan rings is 1. The van der Waals surface area contributed by atoms with Crippen LogP contribution in [0.2, 0.25) is 0 Å². The van der Waals surface area contributed by atoms with Gasteiger partial charge in [-0.25, -0.2) is 4.68 Å². The first kappa shape index (κ1) is 27.0. The third kappa shape index (κ3) is 6.26. The molecule has 11 nitrogen and oxygen atoms in total. The maximum atomic E-state index is 14.0. The Morgan fingerprint density at radius 1 is 1.02 bits per heavy atom. The number of para-hydroxylation sites is 1. The maximum absolute atomic E-state index is 14.0. The molecule has 0 bridgehead atoms. The third-order valence-electron chi connectivity index (χ3n) is 7.60. The lowest BCUT2D eigenvalue weighted by molar-refractivity contribution is -0.142. The summed E-state index contributed by atoms with van der Waals surface area (Å²) < 4.78 is 18.4. The first-order chi connectivity index (χ1) is 20.2. The first-order valence-corrected chi connectivity index (χ1v) is 14.1. The zero-order valence-corrected chi connectivity index (χ0v) is 22.9. The summed E-state index contributed by atoms with van der Waals surface area (Å²) in [6.07, 6.45) is 3.40. The van der Waals surface area contributed by atoms with Crippen LogP contribution in [0, 0.1) is 0 Å². The van der Waals surface area contributed by atoms with Gasteiger partial charge in [0.05, 0.1) is 37.6 Å². The molecule has 2 aliphatic rings. The molecule has 0 saturated carbocycles. The molecule has 4 heterocycles. The van der Waals surface area contributed by atoms with Crippen molar-refractivity contribution in [1.29, 1.82) is 0 Å². The highest BCUT2D eigenvalue weighted by Crippen LogP contribution is 2.28. The maximum Gasteiger partial charge on any atom is 0.247 e. The molecule has 2 saturated heterocycles. The van der Waals surface area contributed by atoms with Crippen LogP contribution in [0.5, 0.6) is 0 Å². The second-order valence-corrected chi connectivity index (χ2v) is 10.3. The number of carbonyl (C=O) groups is 2. The second kappa shape index (κ2) is 12.5. The van der Waals surface area contributed by atoms with Crippen molar-refractivity contribution in [1.82, 2.24) is 25.2 Å². The lowest BCUT2D eigenvalue weighted by atomic mass is 10.0. The van der Waals surface area contributed by atoms with E-state index in [9.17, 15) is 9.59 Å². The number of amides is 2. The highest BCUT2D eigenvalue weighted by Gasteiger charge is 2.33. The quantitative estimate of drug-likeness (QED) is 0.316. The molecule has 214 valence electrons. The van der Waals surface area contributed by atoms with Crippen molar-refractivity contribution in [3.05, 3.63) is 78.3 Å². The number of hydrogen-bond donors (Lipinski definition) is 1. The fourth-order valence-corrected chi connectivity index (χ4v) is 5.43. The van der Waals surface area contributed by atoms with Gasteiger partial charge >= 0.3 is 0 Å². The molecule has 11 heteroatoms. The Balaban J connectivity index is 1.32. The van der Waals surface area contributed by atoms with Gasteiger partial charge in [-0.2, -0.15) is 0 Å². The van der Waals surface area contributed by atoms with Crippen molar-refractivity contribution in [2.24, 2.45) is 0 Å². The van der Waals surface area contributed by atoms with Gasteiger partial charge in [0.1, 0.15) is 23.9 Å². The van der Waals surface area contributed by atoms with Gasteiger partial charge in [-0.1, -0.05) is 29.5 Å². The van der Waals surface area contributed by atoms with Crippen molar-refractivity contribution >= 4 is 28.5 Å². The van der Waals surface area contributed by atoms with Crippen molar-refractivity contribution in [3.8, 4) is 0 Å². The highest BCUT2D eigenvalue weighted by atomic mass is 16.5. The minimum Gasteiger partial charge on any atom is -0.467 e. The van der Waals surface area contributed by atoms with E-state index in [1.54, 1.807) is 28.0 Å². The van der Waals surface area contributed by atoms with E-state index in [4.69, 9.17) is 13.9 Å². The van der Waals surface area contributed by atoms with E-state index in [2.05, 4.69) is 20.5 Å². The molecule has 6 rings (SSSR count). The zero-order chi connectivity index (χ0) is 28.0. The molecule has 0 spiro atoms. The van der Waals surface area contributed by atoms with Gasteiger partial charge in [-0.15, -0.1) is 5.10 Å². The van der Waals surface area contributed by atoms with Gasteiger partial charge in [0.25, 0.3) is 0 Å². The van der Waals surface area contributed by atoms with Crippen LogP contribution in [-0.2, 0) is 32.2 Å². The van der Waals surface area contributed by atoms with Gasteiger partial charge < -0.3 is 29.0 Å². The average molecular weight is 559 g/mol. The van der Waals surface area contributed by atoms with Crippen molar-refractivity contribution in [2.45, 2.75) is 38.1 Å². The van der Waals surface area contributed by atoms with Gasteiger partial charge in [0.2, 0.25) is 11.8 Å². The zero-order valence-electron chi connectivity index (χ0n) is 22.9. The molecule has 0 unspecified atom stereocenters. The normalized spacial score (nSPS) is 18.0. The fraction of sp³-hybridized carbons (Fsp3) is 0.400. The third-order valence-corrected chi connectivity index (χ3v) is 7.60. The highest BCUT2D eigenvalue weighted by molar-refractivity contribution is 5.89. The predicted molar refractivity (Wildman–Crippen MR) is 151 cm³/mol. The first-order valence-electron chi connectivity index (χ1n) is 14.1. The number of carbonyl (C=O) groups excluding carboxylic acids is 2. The van der Waals surface area contributed by atoms with E-state index in [1.165, 1.54) is 0 Å². The van der Waals surface area contributed by atoms with Crippen LogP contribution in [0.3, 0.4) is 0 Å². The molecular weight excluding hydrogens is 524 g/mol. The fourth-order valence-electron chi connectivity index (χ4n) is 5.43. The van der Waals surface area contributed by atoms with Crippen LogP contribution in [0.4, 0.5) is 5.69 Å². The topological polar surface area (TPSA) is 115 Å².